The molecule has 1 fully saturated rings. The molecule has 2 aromatic rings. The Morgan fingerprint density at radius 2 is 2.24 bits per heavy atom. The second-order valence-electron chi connectivity index (χ2n) is 4.20. The van der Waals surface area contributed by atoms with Crippen molar-refractivity contribution in [1.82, 2.24) is 9.88 Å². The van der Waals surface area contributed by atoms with Crippen LogP contribution in [0.25, 0.3) is 11.0 Å². The fraction of sp³-hybridized carbons (Fsp3) is 0.417. The van der Waals surface area contributed by atoms with Crippen LogP contribution < -0.4 is 0 Å². The summed E-state index contributed by atoms with van der Waals surface area (Å²) in [6.45, 7) is 1.17. The molecule has 17 heavy (non-hydrogen) atoms. The minimum Gasteiger partial charge on any atom is -0.458 e. The molecule has 3 nitrogen and oxygen atoms in total. The van der Waals surface area contributed by atoms with Crippen LogP contribution in [-0.4, -0.2) is 23.5 Å². The quantitative estimate of drug-likeness (QED) is 0.798. The number of likely N-dealkylation sites (tertiary alicyclic amines) is 1. The van der Waals surface area contributed by atoms with E-state index < -0.39 is 0 Å². The first kappa shape index (κ1) is 14.3. The average Bonchev–Trinajstić information content (AvgIpc) is 2.82. The molecule has 5 heteroatoms. The molecule has 3 heterocycles. The predicted octanol–water partition coefficient (Wildman–Crippen LogP) is 3.44. The zero-order chi connectivity index (χ0) is 10.3. The van der Waals surface area contributed by atoms with Crippen molar-refractivity contribution in [3.05, 3.63) is 30.3 Å². The van der Waals surface area contributed by atoms with Crippen molar-refractivity contribution in [1.29, 1.82) is 0 Å². The van der Waals surface area contributed by atoms with Crippen molar-refractivity contribution in [3.8, 4) is 0 Å². The number of fused-ring (bicyclic) bond motifs is 1. The third kappa shape index (κ3) is 2.57. The van der Waals surface area contributed by atoms with Crippen molar-refractivity contribution in [3.63, 3.8) is 0 Å². The Balaban J connectivity index is 0.000000722. The number of halogens is 2. The molecular formula is C12H16Cl2N2O. The van der Waals surface area contributed by atoms with Crippen LogP contribution in [0, 0.1) is 0 Å². The molecular weight excluding hydrogens is 259 g/mol. The standard InChI is InChI=1S/C12H14N2O.2ClH/c1-14-6-2-3-10(14)11-7-9-4-5-13-8-12(9)15-11;;/h4-5,7-8,10H,2-3,6H2,1H3;2*1H/t10-;;/m0../s1. The van der Waals surface area contributed by atoms with E-state index in [9.17, 15) is 0 Å². The molecule has 0 unspecified atom stereocenters. The van der Waals surface area contributed by atoms with E-state index in [1.165, 1.54) is 19.4 Å². The summed E-state index contributed by atoms with van der Waals surface area (Å²) in [5, 5.41) is 1.15. The van der Waals surface area contributed by atoms with Gasteiger partial charge in [-0.1, -0.05) is 0 Å². The van der Waals surface area contributed by atoms with Crippen molar-refractivity contribution >= 4 is 35.8 Å². The molecule has 0 bridgehead atoms. The van der Waals surface area contributed by atoms with E-state index in [-0.39, 0.29) is 24.8 Å². The van der Waals surface area contributed by atoms with Crippen molar-refractivity contribution in [2.45, 2.75) is 18.9 Å². The molecule has 1 atom stereocenters. The fourth-order valence-corrected chi connectivity index (χ4v) is 2.34. The highest BCUT2D eigenvalue weighted by Gasteiger charge is 2.25. The van der Waals surface area contributed by atoms with Gasteiger partial charge in [-0.3, -0.25) is 9.88 Å². The highest BCUT2D eigenvalue weighted by molar-refractivity contribution is 5.85. The van der Waals surface area contributed by atoms with E-state index in [1.807, 2.05) is 6.07 Å². The van der Waals surface area contributed by atoms with Gasteiger partial charge in [-0.15, -0.1) is 24.8 Å². The highest BCUT2D eigenvalue weighted by atomic mass is 35.5. The van der Waals surface area contributed by atoms with Gasteiger partial charge in [0.05, 0.1) is 12.2 Å². The van der Waals surface area contributed by atoms with Gasteiger partial charge < -0.3 is 4.42 Å². The molecule has 0 radical (unpaired) electrons. The van der Waals surface area contributed by atoms with Gasteiger partial charge in [-0.05, 0) is 38.6 Å². The highest BCUT2D eigenvalue weighted by Crippen LogP contribution is 2.33. The van der Waals surface area contributed by atoms with Crippen LogP contribution in [0.5, 0.6) is 0 Å². The fourth-order valence-electron chi connectivity index (χ4n) is 2.34. The van der Waals surface area contributed by atoms with Gasteiger partial charge in [0.1, 0.15) is 5.76 Å². The average molecular weight is 275 g/mol. The van der Waals surface area contributed by atoms with E-state index >= 15 is 0 Å². The van der Waals surface area contributed by atoms with Crippen LogP contribution in [-0.2, 0) is 0 Å². The van der Waals surface area contributed by atoms with Gasteiger partial charge in [-0.2, -0.15) is 0 Å². The Morgan fingerprint density at radius 3 is 2.88 bits per heavy atom. The molecule has 94 valence electrons. The van der Waals surface area contributed by atoms with E-state index in [2.05, 4.69) is 23.0 Å². The van der Waals surface area contributed by atoms with Gasteiger partial charge >= 0.3 is 0 Å². The maximum atomic E-state index is 5.82. The van der Waals surface area contributed by atoms with Gasteiger partial charge in [0.2, 0.25) is 0 Å². The van der Waals surface area contributed by atoms with Crippen molar-refractivity contribution in [2.24, 2.45) is 0 Å². The summed E-state index contributed by atoms with van der Waals surface area (Å²) < 4.78 is 5.82. The summed E-state index contributed by atoms with van der Waals surface area (Å²) in [5.74, 6) is 1.08. The molecule has 0 aliphatic carbocycles. The molecule has 3 rings (SSSR count). The largest absolute Gasteiger partial charge is 0.458 e. The van der Waals surface area contributed by atoms with E-state index in [0.717, 1.165) is 16.7 Å². The summed E-state index contributed by atoms with van der Waals surface area (Å²) >= 11 is 0. The molecule has 0 spiro atoms. The number of hydrogen-bond donors (Lipinski definition) is 0. The van der Waals surface area contributed by atoms with Crippen molar-refractivity contribution in [2.75, 3.05) is 13.6 Å². The lowest BCUT2D eigenvalue weighted by molar-refractivity contribution is 0.281. The van der Waals surface area contributed by atoms with E-state index in [1.54, 1.807) is 12.4 Å². The van der Waals surface area contributed by atoms with Crippen LogP contribution in [0.1, 0.15) is 24.6 Å². The molecule has 1 saturated heterocycles. The van der Waals surface area contributed by atoms with Crippen molar-refractivity contribution < 1.29 is 4.42 Å². The predicted molar refractivity (Wildman–Crippen MR) is 73.1 cm³/mol. The normalized spacial score (nSPS) is 19.9. The number of furan rings is 1. The first-order valence-electron chi connectivity index (χ1n) is 5.38. The first-order chi connectivity index (χ1) is 7.34. The van der Waals surface area contributed by atoms with Crippen LogP contribution in [0.3, 0.4) is 0 Å². The zero-order valence-corrected chi connectivity index (χ0v) is 11.3. The summed E-state index contributed by atoms with van der Waals surface area (Å²) in [5.41, 5.74) is 0.896. The van der Waals surface area contributed by atoms with E-state index in [4.69, 9.17) is 4.42 Å². The summed E-state index contributed by atoms with van der Waals surface area (Å²) in [7, 11) is 2.16. The number of pyridine rings is 1. The monoisotopic (exact) mass is 274 g/mol. The lowest BCUT2D eigenvalue weighted by atomic mass is 10.1. The van der Waals surface area contributed by atoms with Crippen LogP contribution >= 0.6 is 24.8 Å². The molecule has 1 aliphatic rings. The lowest BCUT2D eigenvalue weighted by Crippen LogP contribution is -2.16. The molecule has 0 N–H and O–H groups in total. The Kier molecular flexibility index (Phi) is 4.80. The van der Waals surface area contributed by atoms with Gasteiger partial charge in [0, 0.05) is 11.6 Å². The minimum atomic E-state index is 0. The Hall–Kier alpha value is -0.770. The second kappa shape index (κ2) is 5.71. The zero-order valence-electron chi connectivity index (χ0n) is 9.63. The number of hydrogen-bond acceptors (Lipinski definition) is 3. The topological polar surface area (TPSA) is 29.3 Å². The summed E-state index contributed by atoms with van der Waals surface area (Å²) in [6.07, 6.45) is 6.05. The smallest absolute Gasteiger partial charge is 0.152 e. The molecule has 1 aliphatic heterocycles. The Labute approximate surface area is 113 Å². The number of aromatic nitrogens is 1. The lowest BCUT2D eigenvalue weighted by Gasteiger charge is -2.16. The third-order valence-corrected chi connectivity index (χ3v) is 3.19. The summed E-state index contributed by atoms with van der Waals surface area (Å²) in [4.78, 5) is 6.42. The molecule has 0 aromatic carbocycles. The third-order valence-electron chi connectivity index (χ3n) is 3.19. The van der Waals surface area contributed by atoms with E-state index in [0.29, 0.717) is 6.04 Å². The Morgan fingerprint density at radius 1 is 1.41 bits per heavy atom. The summed E-state index contributed by atoms with van der Waals surface area (Å²) in [6, 6.07) is 4.60. The van der Waals surface area contributed by atoms with Gasteiger partial charge in [0.25, 0.3) is 0 Å². The first-order valence-corrected chi connectivity index (χ1v) is 5.38. The second-order valence-corrected chi connectivity index (χ2v) is 4.20. The number of nitrogens with zero attached hydrogens (tertiary/aromatic N) is 2. The maximum absolute atomic E-state index is 5.82. The molecule has 2 aromatic heterocycles. The van der Waals surface area contributed by atoms with Gasteiger partial charge in [0.15, 0.2) is 5.58 Å². The maximum Gasteiger partial charge on any atom is 0.152 e. The molecule has 0 amide bonds. The SMILES string of the molecule is CN1CCC[C@H]1c1cc2ccncc2o1.Cl.Cl. The Bertz CT molecular complexity index is 453. The minimum absolute atomic E-state index is 0. The van der Waals surface area contributed by atoms with Gasteiger partial charge in [-0.25, -0.2) is 0 Å². The van der Waals surface area contributed by atoms with Crippen LogP contribution in [0.4, 0.5) is 0 Å². The number of rotatable bonds is 1. The van der Waals surface area contributed by atoms with Crippen LogP contribution in [0.15, 0.2) is 28.9 Å². The van der Waals surface area contributed by atoms with Crippen LogP contribution in [0.2, 0.25) is 0 Å². The molecule has 0 saturated carbocycles.